The van der Waals surface area contributed by atoms with Crippen molar-refractivity contribution in [2.75, 3.05) is 33.7 Å². The van der Waals surface area contributed by atoms with Crippen molar-refractivity contribution >= 4 is 0 Å². The third-order valence-corrected chi connectivity index (χ3v) is 5.46. The Morgan fingerprint density at radius 2 is 2.09 bits per heavy atom. The normalized spacial score (nSPS) is 40.6. The van der Waals surface area contributed by atoms with Crippen LogP contribution in [0.3, 0.4) is 0 Å². The fourth-order valence-corrected chi connectivity index (χ4v) is 4.16. The minimum absolute atomic E-state index is 0.144. The van der Waals surface area contributed by atoms with Gasteiger partial charge in [-0.05, 0) is 59.3 Å². The molecule has 6 heteroatoms. The van der Waals surface area contributed by atoms with E-state index in [0.717, 1.165) is 6.54 Å². The number of piperidine rings is 1. The summed E-state index contributed by atoms with van der Waals surface area (Å²) in [7, 11) is 4.29. The number of nitrogens with zero attached hydrogens (tertiary/aromatic N) is 2. The molecule has 3 heterocycles. The van der Waals surface area contributed by atoms with Crippen molar-refractivity contribution in [2.24, 2.45) is 5.92 Å². The second-order valence-corrected chi connectivity index (χ2v) is 7.27. The molecule has 0 spiro atoms. The van der Waals surface area contributed by atoms with Gasteiger partial charge in [-0.2, -0.15) is 5.48 Å². The number of hydroxylamine groups is 1. The zero-order valence-corrected chi connectivity index (χ0v) is 14.3. The molecule has 0 aromatic rings. The number of hydrogen-bond acceptors (Lipinski definition) is 6. The van der Waals surface area contributed by atoms with Gasteiger partial charge in [-0.1, -0.05) is 6.92 Å². The Morgan fingerprint density at radius 3 is 2.77 bits per heavy atom. The molecule has 3 fully saturated rings. The Labute approximate surface area is 134 Å². The van der Waals surface area contributed by atoms with Crippen molar-refractivity contribution in [2.45, 2.75) is 63.6 Å². The fourth-order valence-electron chi connectivity index (χ4n) is 4.16. The zero-order chi connectivity index (χ0) is 15.5. The number of nitrogens with one attached hydrogen (secondary N) is 3. The number of rotatable bonds is 5. The average molecular weight is 311 g/mol. The first kappa shape index (κ1) is 16.6. The molecule has 3 N–H and O–H groups in total. The van der Waals surface area contributed by atoms with Gasteiger partial charge >= 0.3 is 0 Å². The van der Waals surface area contributed by atoms with Crippen molar-refractivity contribution in [3.63, 3.8) is 0 Å². The lowest BCUT2D eigenvalue weighted by atomic mass is 9.94. The van der Waals surface area contributed by atoms with E-state index in [1.165, 1.54) is 45.2 Å². The quantitative estimate of drug-likeness (QED) is 0.688. The molecule has 0 aromatic heterocycles. The molecule has 6 nitrogen and oxygen atoms in total. The minimum Gasteiger partial charge on any atom is -0.301 e. The Hall–Kier alpha value is -0.240. The van der Waals surface area contributed by atoms with Crippen LogP contribution in [0.2, 0.25) is 0 Å². The summed E-state index contributed by atoms with van der Waals surface area (Å²) in [5.74, 6) is 0.599. The molecule has 0 aliphatic carbocycles. The van der Waals surface area contributed by atoms with E-state index in [2.05, 4.69) is 46.9 Å². The molecule has 5 unspecified atom stereocenters. The van der Waals surface area contributed by atoms with Crippen LogP contribution >= 0.6 is 0 Å². The van der Waals surface area contributed by atoms with Gasteiger partial charge in [0.05, 0.1) is 18.4 Å². The van der Waals surface area contributed by atoms with Crippen molar-refractivity contribution in [1.82, 2.24) is 25.9 Å². The van der Waals surface area contributed by atoms with Gasteiger partial charge in [-0.25, -0.2) is 0 Å². The van der Waals surface area contributed by atoms with Crippen molar-refractivity contribution in [3.8, 4) is 0 Å². The van der Waals surface area contributed by atoms with E-state index in [1.807, 2.05) is 0 Å². The highest BCUT2D eigenvalue weighted by Gasteiger charge is 2.40. The molecule has 3 saturated heterocycles. The summed E-state index contributed by atoms with van der Waals surface area (Å²) in [5.41, 5.74) is 3.27. The zero-order valence-electron chi connectivity index (χ0n) is 14.3. The molecule has 0 aromatic carbocycles. The summed E-state index contributed by atoms with van der Waals surface area (Å²) in [6.07, 6.45) is 7.15. The SMILES string of the molecule is CCCN1CCCC1C1NC(C2CCC(N(C)C)NC2)NO1. The highest BCUT2D eigenvalue weighted by Crippen LogP contribution is 2.25. The Kier molecular flexibility index (Phi) is 5.70. The van der Waals surface area contributed by atoms with E-state index in [-0.39, 0.29) is 12.4 Å². The van der Waals surface area contributed by atoms with Crippen molar-refractivity contribution in [3.05, 3.63) is 0 Å². The van der Waals surface area contributed by atoms with Gasteiger partial charge in [-0.3, -0.25) is 20.0 Å². The molecular formula is C16H33N5O. The van der Waals surface area contributed by atoms with Gasteiger partial charge in [0.15, 0.2) is 0 Å². The van der Waals surface area contributed by atoms with Crippen LogP contribution < -0.4 is 16.1 Å². The van der Waals surface area contributed by atoms with E-state index in [0.29, 0.717) is 18.1 Å². The molecule has 128 valence electrons. The van der Waals surface area contributed by atoms with Crippen molar-refractivity contribution < 1.29 is 4.84 Å². The average Bonchev–Trinajstić information content (AvgIpc) is 3.16. The van der Waals surface area contributed by atoms with Crippen molar-refractivity contribution in [1.29, 1.82) is 0 Å². The fraction of sp³-hybridized carbons (Fsp3) is 1.00. The molecule has 0 saturated carbocycles. The van der Waals surface area contributed by atoms with Crippen LogP contribution in [-0.2, 0) is 4.84 Å². The maximum atomic E-state index is 5.91. The van der Waals surface area contributed by atoms with Crippen LogP contribution in [-0.4, -0.2) is 68.1 Å². The third kappa shape index (κ3) is 3.63. The maximum absolute atomic E-state index is 5.91. The standard InChI is InChI=1S/C16H33N5O/c1-4-9-21-10-5-6-13(21)16-18-15(19-22-16)12-7-8-14(17-11-12)20(2)3/h12-19H,4-11H2,1-3H3. The molecule has 5 atom stereocenters. The Bertz CT molecular complexity index is 345. The first-order chi connectivity index (χ1) is 10.7. The second kappa shape index (κ2) is 7.55. The molecule has 0 amide bonds. The van der Waals surface area contributed by atoms with E-state index < -0.39 is 0 Å². The van der Waals surface area contributed by atoms with Gasteiger partial charge < -0.3 is 5.32 Å². The van der Waals surface area contributed by atoms with Crippen LogP contribution in [0, 0.1) is 5.92 Å². The summed E-state index contributed by atoms with van der Waals surface area (Å²) < 4.78 is 0. The summed E-state index contributed by atoms with van der Waals surface area (Å²) >= 11 is 0. The summed E-state index contributed by atoms with van der Waals surface area (Å²) in [6, 6.07) is 0.531. The third-order valence-electron chi connectivity index (χ3n) is 5.46. The topological polar surface area (TPSA) is 51.8 Å². The molecule has 3 aliphatic rings. The predicted molar refractivity (Wildman–Crippen MR) is 88.0 cm³/mol. The Morgan fingerprint density at radius 1 is 1.23 bits per heavy atom. The monoisotopic (exact) mass is 311 g/mol. The summed E-state index contributed by atoms with van der Waals surface area (Å²) in [4.78, 5) is 10.8. The van der Waals surface area contributed by atoms with Gasteiger partial charge in [0.1, 0.15) is 6.23 Å². The molecule has 3 rings (SSSR count). The molecule has 22 heavy (non-hydrogen) atoms. The summed E-state index contributed by atoms with van der Waals surface area (Å²) in [6.45, 7) is 5.72. The van der Waals surface area contributed by atoms with Gasteiger partial charge in [-0.15, -0.1) is 0 Å². The van der Waals surface area contributed by atoms with Crippen LogP contribution in [0.15, 0.2) is 0 Å². The first-order valence-electron chi connectivity index (χ1n) is 9.00. The molecule has 0 bridgehead atoms. The van der Waals surface area contributed by atoms with Crippen LogP contribution in [0.1, 0.15) is 39.0 Å². The van der Waals surface area contributed by atoms with Crippen LogP contribution in [0.5, 0.6) is 0 Å². The highest BCUT2D eigenvalue weighted by molar-refractivity contribution is 4.91. The predicted octanol–water partition coefficient (Wildman–Crippen LogP) is 0.525. The van der Waals surface area contributed by atoms with E-state index in [9.17, 15) is 0 Å². The van der Waals surface area contributed by atoms with Gasteiger partial charge in [0.2, 0.25) is 0 Å². The smallest absolute Gasteiger partial charge is 0.146 e. The molecule has 0 radical (unpaired) electrons. The second-order valence-electron chi connectivity index (χ2n) is 7.27. The largest absolute Gasteiger partial charge is 0.301 e. The van der Waals surface area contributed by atoms with E-state index in [4.69, 9.17) is 4.84 Å². The van der Waals surface area contributed by atoms with E-state index >= 15 is 0 Å². The van der Waals surface area contributed by atoms with E-state index in [1.54, 1.807) is 0 Å². The lowest BCUT2D eigenvalue weighted by Crippen LogP contribution is -2.54. The minimum atomic E-state index is 0.144. The van der Waals surface area contributed by atoms with Crippen LogP contribution in [0.4, 0.5) is 0 Å². The Balaban J connectivity index is 1.48. The molecular weight excluding hydrogens is 278 g/mol. The number of likely N-dealkylation sites (tertiary alicyclic amines) is 1. The number of hydrogen-bond donors (Lipinski definition) is 3. The lowest BCUT2D eigenvalue weighted by Gasteiger charge is -2.36. The first-order valence-corrected chi connectivity index (χ1v) is 9.00. The molecule has 3 aliphatic heterocycles. The van der Waals surface area contributed by atoms with Gasteiger partial charge in [0, 0.05) is 12.5 Å². The van der Waals surface area contributed by atoms with Crippen LogP contribution in [0.25, 0.3) is 0 Å². The maximum Gasteiger partial charge on any atom is 0.146 e. The summed E-state index contributed by atoms with van der Waals surface area (Å²) in [5, 5.41) is 7.35. The highest BCUT2D eigenvalue weighted by atomic mass is 16.7. The van der Waals surface area contributed by atoms with Gasteiger partial charge in [0.25, 0.3) is 0 Å². The lowest BCUT2D eigenvalue weighted by molar-refractivity contribution is -0.0239.